The molecular weight excluding hydrogens is 318 g/mol. The summed E-state index contributed by atoms with van der Waals surface area (Å²) in [6.45, 7) is 5.95. The third-order valence-corrected chi connectivity index (χ3v) is 3.65. The number of H-pyrrole nitrogens is 2. The van der Waals surface area contributed by atoms with E-state index in [0.717, 1.165) is 5.56 Å². The molecule has 6 heteroatoms. The number of benzene rings is 1. The Morgan fingerprint density at radius 2 is 1.56 bits per heavy atom. The van der Waals surface area contributed by atoms with Crippen LogP contribution in [0, 0.1) is 0 Å². The van der Waals surface area contributed by atoms with Crippen LogP contribution in [0.25, 0.3) is 12.2 Å². The molecule has 1 aromatic carbocycles. The smallest absolute Gasteiger partial charge is 0.272 e. The summed E-state index contributed by atoms with van der Waals surface area (Å²) in [6, 6.07) is 9.30. The highest BCUT2D eigenvalue weighted by Gasteiger charge is 2.21. The van der Waals surface area contributed by atoms with Crippen molar-refractivity contribution in [2.75, 3.05) is 0 Å². The van der Waals surface area contributed by atoms with Crippen molar-refractivity contribution in [3.63, 3.8) is 0 Å². The molecule has 6 nitrogen and oxygen atoms in total. The van der Waals surface area contributed by atoms with Gasteiger partial charge in [0.1, 0.15) is 22.2 Å². The van der Waals surface area contributed by atoms with Crippen molar-refractivity contribution >= 4 is 12.2 Å². The Labute approximate surface area is 143 Å². The number of aromatic amines is 2. The maximum Gasteiger partial charge on any atom is 0.272 e. The molecule has 0 unspecified atom stereocenters. The van der Waals surface area contributed by atoms with Gasteiger partial charge >= 0.3 is 0 Å². The fourth-order valence-corrected chi connectivity index (χ4v) is 2.47. The van der Waals surface area contributed by atoms with E-state index in [9.17, 15) is 9.59 Å². The fourth-order valence-electron chi connectivity index (χ4n) is 2.47. The highest BCUT2D eigenvalue weighted by molar-refractivity contribution is 5.48. The van der Waals surface area contributed by atoms with Crippen molar-refractivity contribution in [1.29, 1.82) is 0 Å². The molecule has 0 fully saturated rings. The lowest BCUT2D eigenvalue weighted by atomic mass is 9.92. The van der Waals surface area contributed by atoms with E-state index >= 15 is 0 Å². The third kappa shape index (κ3) is 3.68. The van der Waals surface area contributed by atoms with Crippen LogP contribution < -0.4 is 21.8 Å². The Hall–Kier alpha value is -3.15. The minimum Gasteiger partial charge on any atom is -0.447 e. The van der Waals surface area contributed by atoms with Crippen molar-refractivity contribution in [2.24, 2.45) is 0 Å². The second-order valence-corrected chi connectivity index (χ2v) is 6.75. The van der Waals surface area contributed by atoms with Crippen LogP contribution in [0.1, 0.15) is 37.8 Å². The third-order valence-electron chi connectivity index (χ3n) is 3.65. The fraction of sp³-hybridized carbons (Fsp3) is 0.211. The first-order chi connectivity index (χ1) is 11.8. The van der Waals surface area contributed by atoms with Crippen molar-refractivity contribution in [3.8, 4) is 0 Å². The van der Waals surface area contributed by atoms with Crippen LogP contribution >= 0.6 is 0 Å². The van der Waals surface area contributed by atoms with Gasteiger partial charge in [0, 0.05) is 5.41 Å². The summed E-state index contributed by atoms with van der Waals surface area (Å²) in [5.41, 5.74) is 0.302. The van der Waals surface area contributed by atoms with Crippen molar-refractivity contribution in [2.45, 2.75) is 26.2 Å². The molecule has 25 heavy (non-hydrogen) atoms. The lowest BCUT2D eigenvalue weighted by Gasteiger charge is -2.14. The Balaban J connectivity index is 2.14. The van der Waals surface area contributed by atoms with Crippen LogP contribution in [0.3, 0.4) is 0 Å². The largest absolute Gasteiger partial charge is 0.447 e. The van der Waals surface area contributed by atoms with Crippen LogP contribution in [-0.4, -0.2) is 15.0 Å². The van der Waals surface area contributed by atoms with Gasteiger partial charge in [0.05, 0.1) is 0 Å². The highest BCUT2D eigenvalue weighted by Crippen LogP contribution is 2.25. The Bertz CT molecular complexity index is 1110. The van der Waals surface area contributed by atoms with Gasteiger partial charge in [-0.1, -0.05) is 51.1 Å². The second-order valence-electron chi connectivity index (χ2n) is 6.75. The first-order valence-electron chi connectivity index (χ1n) is 7.90. The van der Waals surface area contributed by atoms with E-state index in [1.165, 1.54) is 12.5 Å². The molecule has 2 N–H and O–H groups in total. The van der Waals surface area contributed by atoms with Gasteiger partial charge in [0.25, 0.3) is 11.1 Å². The molecule has 0 amide bonds. The summed E-state index contributed by atoms with van der Waals surface area (Å²) >= 11 is 0. The summed E-state index contributed by atoms with van der Waals surface area (Å²) in [4.78, 5) is 34.0. The zero-order valence-corrected chi connectivity index (χ0v) is 14.3. The van der Waals surface area contributed by atoms with E-state index in [-0.39, 0.29) is 21.7 Å². The van der Waals surface area contributed by atoms with E-state index in [1.54, 1.807) is 6.08 Å². The first kappa shape index (κ1) is 16.7. The van der Waals surface area contributed by atoms with Crippen LogP contribution in [0.5, 0.6) is 0 Å². The molecule has 0 radical (unpaired) electrons. The molecule has 128 valence electrons. The van der Waals surface area contributed by atoms with E-state index in [0.29, 0.717) is 11.5 Å². The minimum absolute atomic E-state index is 0.134. The van der Waals surface area contributed by atoms with Crippen molar-refractivity contribution in [3.05, 3.63) is 85.1 Å². The maximum atomic E-state index is 12.3. The average molecular weight is 337 g/mol. The minimum atomic E-state index is -0.398. The molecule has 2 aromatic heterocycles. The number of oxazole rings is 1. The summed E-state index contributed by atoms with van der Waals surface area (Å²) in [5, 5.41) is 0.333. The number of aromatic nitrogens is 3. The molecule has 3 aromatic rings. The summed E-state index contributed by atoms with van der Waals surface area (Å²) in [5.74, 6) is 0.646. The Morgan fingerprint density at radius 3 is 2.16 bits per heavy atom. The van der Waals surface area contributed by atoms with Crippen molar-refractivity contribution < 1.29 is 4.42 Å². The van der Waals surface area contributed by atoms with E-state index in [1.807, 2.05) is 51.1 Å². The zero-order chi connectivity index (χ0) is 18.0. The molecule has 2 heterocycles. The molecule has 0 aliphatic heterocycles. The van der Waals surface area contributed by atoms with Crippen LogP contribution in [0.15, 0.2) is 50.7 Å². The topological polar surface area (TPSA) is 91.8 Å². The lowest BCUT2D eigenvalue weighted by molar-refractivity contribution is 0.407. The van der Waals surface area contributed by atoms with E-state index < -0.39 is 5.56 Å². The molecule has 0 atom stereocenters. The summed E-state index contributed by atoms with van der Waals surface area (Å²) in [7, 11) is 0. The first-order valence-corrected chi connectivity index (χ1v) is 7.90. The standard InChI is InChI=1S/C19H19N3O3/c1-19(2,3)16-13(20-11-25-16)10-15-18(24)21-14(17(23)22-15)9-12-7-5-4-6-8-12/h4-11H,1-3H3,(H,21,24)(H,22,23)/b14-9+,15-10-. The highest BCUT2D eigenvalue weighted by atomic mass is 16.3. The van der Waals surface area contributed by atoms with E-state index in [2.05, 4.69) is 15.0 Å². The van der Waals surface area contributed by atoms with Gasteiger partial charge in [-0.15, -0.1) is 0 Å². The number of hydrogen-bond donors (Lipinski definition) is 2. The van der Waals surface area contributed by atoms with Gasteiger partial charge in [-0.2, -0.15) is 0 Å². The van der Waals surface area contributed by atoms with Gasteiger partial charge in [-0.25, -0.2) is 4.98 Å². The van der Waals surface area contributed by atoms with Crippen LogP contribution in [0.4, 0.5) is 0 Å². The maximum absolute atomic E-state index is 12.3. The van der Waals surface area contributed by atoms with E-state index in [4.69, 9.17) is 4.42 Å². The average Bonchev–Trinajstić information content (AvgIpc) is 3.02. The quantitative estimate of drug-likeness (QED) is 0.730. The molecule has 0 spiro atoms. The monoisotopic (exact) mass is 337 g/mol. The van der Waals surface area contributed by atoms with Crippen LogP contribution in [-0.2, 0) is 5.41 Å². The molecule has 0 saturated heterocycles. The van der Waals surface area contributed by atoms with Gasteiger partial charge < -0.3 is 14.4 Å². The SMILES string of the molecule is CC(C)(C)c1ocnc1/C=c1\[nH]c(=O)/c(=C\c2ccccc2)[nH]c1=O. The van der Waals surface area contributed by atoms with Crippen LogP contribution in [0.2, 0.25) is 0 Å². The number of nitrogens with one attached hydrogen (secondary N) is 2. The van der Waals surface area contributed by atoms with Gasteiger partial charge in [0.2, 0.25) is 0 Å². The molecule has 0 aliphatic rings. The Morgan fingerprint density at radius 1 is 0.960 bits per heavy atom. The predicted molar refractivity (Wildman–Crippen MR) is 95.7 cm³/mol. The summed E-state index contributed by atoms with van der Waals surface area (Å²) in [6.07, 6.45) is 4.48. The Kier molecular flexibility index (Phi) is 4.27. The molecule has 3 rings (SSSR count). The number of nitrogens with zero attached hydrogens (tertiary/aromatic N) is 1. The summed E-state index contributed by atoms with van der Waals surface area (Å²) < 4.78 is 5.42. The number of rotatable bonds is 2. The normalized spacial score (nSPS) is 13.4. The molecule has 0 bridgehead atoms. The van der Waals surface area contributed by atoms with Gasteiger partial charge in [-0.3, -0.25) is 9.59 Å². The molecule has 0 saturated carbocycles. The molecular formula is C19H19N3O3. The second kappa shape index (κ2) is 6.39. The van der Waals surface area contributed by atoms with Gasteiger partial charge in [-0.05, 0) is 17.7 Å². The number of hydrogen-bond acceptors (Lipinski definition) is 4. The lowest BCUT2D eigenvalue weighted by Crippen LogP contribution is -2.46. The molecule has 0 aliphatic carbocycles. The predicted octanol–water partition coefficient (Wildman–Crippen LogP) is 1.01. The van der Waals surface area contributed by atoms with Gasteiger partial charge in [0.15, 0.2) is 6.39 Å². The van der Waals surface area contributed by atoms with Crippen molar-refractivity contribution in [1.82, 2.24) is 15.0 Å². The zero-order valence-electron chi connectivity index (χ0n) is 14.3.